The van der Waals surface area contributed by atoms with Crippen molar-refractivity contribution in [3.63, 3.8) is 0 Å². The Labute approximate surface area is 128 Å². The molecular formula is C16H30N2O3. The fraction of sp³-hybridized carbons (Fsp3) is 0.812. The first-order valence-corrected chi connectivity index (χ1v) is 8.03. The summed E-state index contributed by atoms with van der Waals surface area (Å²) in [5.74, 6) is 2.06. The van der Waals surface area contributed by atoms with Crippen molar-refractivity contribution < 1.29 is 14.3 Å². The summed E-state index contributed by atoms with van der Waals surface area (Å²) in [6.45, 7) is 8.39. The summed E-state index contributed by atoms with van der Waals surface area (Å²) in [7, 11) is 0. The predicted molar refractivity (Wildman–Crippen MR) is 83.1 cm³/mol. The van der Waals surface area contributed by atoms with Crippen molar-refractivity contribution in [1.29, 1.82) is 0 Å². The van der Waals surface area contributed by atoms with Crippen LogP contribution in [0.4, 0.5) is 0 Å². The van der Waals surface area contributed by atoms with Crippen LogP contribution in [0.3, 0.4) is 0 Å². The molecule has 5 nitrogen and oxygen atoms in total. The van der Waals surface area contributed by atoms with Crippen LogP contribution in [-0.2, 0) is 11.3 Å². The lowest BCUT2D eigenvalue weighted by atomic mass is 10.0. The van der Waals surface area contributed by atoms with Gasteiger partial charge in [0.2, 0.25) is 5.89 Å². The number of hydrogen-bond acceptors (Lipinski definition) is 5. The van der Waals surface area contributed by atoms with Gasteiger partial charge < -0.3 is 19.6 Å². The molecule has 5 heteroatoms. The first-order chi connectivity index (χ1) is 10.2. The van der Waals surface area contributed by atoms with Crippen molar-refractivity contribution in [2.24, 2.45) is 5.92 Å². The molecule has 0 amide bonds. The second-order valence-corrected chi connectivity index (χ2v) is 5.60. The van der Waals surface area contributed by atoms with E-state index in [1.165, 1.54) is 19.3 Å². The first-order valence-electron chi connectivity index (χ1n) is 8.03. The van der Waals surface area contributed by atoms with Gasteiger partial charge in [0.05, 0.1) is 25.5 Å². The van der Waals surface area contributed by atoms with Gasteiger partial charge in [-0.3, -0.25) is 0 Å². The fourth-order valence-electron chi connectivity index (χ4n) is 2.16. The van der Waals surface area contributed by atoms with E-state index >= 15 is 0 Å². The fourth-order valence-corrected chi connectivity index (χ4v) is 2.16. The smallest absolute Gasteiger partial charge is 0.208 e. The lowest BCUT2D eigenvalue weighted by Gasteiger charge is -2.17. The number of rotatable bonds is 12. The Morgan fingerprint density at radius 2 is 2.19 bits per heavy atom. The van der Waals surface area contributed by atoms with Crippen LogP contribution in [-0.4, -0.2) is 36.0 Å². The van der Waals surface area contributed by atoms with Gasteiger partial charge in [-0.05, 0) is 19.3 Å². The zero-order chi connectivity index (χ0) is 15.5. The van der Waals surface area contributed by atoms with Gasteiger partial charge in [-0.2, -0.15) is 0 Å². The molecule has 0 aliphatic carbocycles. The molecule has 1 rings (SSSR count). The molecule has 0 saturated heterocycles. The Bertz CT molecular complexity index is 368. The molecule has 1 aromatic rings. The van der Waals surface area contributed by atoms with Gasteiger partial charge in [0.1, 0.15) is 5.76 Å². The molecule has 2 unspecified atom stereocenters. The Balaban J connectivity index is 2.06. The van der Waals surface area contributed by atoms with E-state index < -0.39 is 6.10 Å². The van der Waals surface area contributed by atoms with Gasteiger partial charge in [0.25, 0.3) is 0 Å². The number of nitrogens with zero attached hydrogens (tertiary/aromatic N) is 1. The zero-order valence-corrected chi connectivity index (χ0v) is 13.6. The number of aliphatic hydroxyl groups excluding tert-OH is 1. The molecule has 1 aromatic heterocycles. The molecule has 0 aromatic carbocycles. The molecule has 2 atom stereocenters. The van der Waals surface area contributed by atoms with Gasteiger partial charge in [-0.15, -0.1) is 0 Å². The highest BCUT2D eigenvalue weighted by Crippen LogP contribution is 2.12. The summed E-state index contributed by atoms with van der Waals surface area (Å²) in [6.07, 6.45) is 6.02. The number of nitrogens with one attached hydrogen (secondary N) is 1. The summed E-state index contributed by atoms with van der Waals surface area (Å²) in [5, 5.41) is 13.0. The number of oxazole rings is 1. The molecule has 2 N–H and O–H groups in total. The summed E-state index contributed by atoms with van der Waals surface area (Å²) in [6, 6.07) is 0. The van der Waals surface area contributed by atoms with Crippen LogP contribution in [0.1, 0.15) is 51.2 Å². The Hall–Kier alpha value is -0.910. The molecular weight excluding hydrogens is 268 g/mol. The van der Waals surface area contributed by atoms with Crippen LogP contribution in [0.5, 0.6) is 0 Å². The highest BCUT2D eigenvalue weighted by molar-refractivity contribution is 4.90. The van der Waals surface area contributed by atoms with Crippen molar-refractivity contribution in [1.82, 2.24) is 10.3 Å². The molecule has 0 bridgehead atoms. The maximum absolute atomic E-state index is 9.86. The van der Waals surface area contributed by atoms with Crippen LogP contribution >= 0.6 is 0 Å². The van der Waals surface area contributed by atoms with E-state index in [1.807, 2.05) is 6.92 Å². The standard InChI is InChI=1S/C16H30N2O3/c1-4-6-7-14(5-2)11-20-12-15(19)9-17-10-16-18-8-13(3)21-16/h8,14-15,17,19H,4-7,9-12H2,1-3H3. The van der Waals surface area contributed by atoms with Gasteiger partial charge >= 0.3 is 0 Å². The Kier molecular flexibility index (Phi) is 9.30. The topological polar surface area (TPSA) is 67.5 Å². The van der Waals surface area contributed by atoms with Gasteiger partial charge in [-0.25, -0.2) is 4.98 Å². The van der Waals surface area contributed by atoms with E-state index in [-0.39, 0.29) is 0 Å². The van der Waals surface area contributed by atoms with Gasteiger partial charge in [-0.1, -0.05) is 33.1 Å². The summed E-state index contributed by atoms with van der Waals surface area (Å²) in [4.78, 5) is 4.10. The monoisotopic (exact) mass is 298 g/mol. The van der Waals surface area contributed by atoms with Crippen LogP contribution in [0, 0.1) is 12.8 Å². The maximum Gasteiger partial charge on any atom is 0.208 e. The number of ether oxygens (including phenoxy) is 1. The SMILES string of the molecule is CCCCC(CC)COCC(O)CNCc1ncc(C)o1. The number of unbranched alkanes of at least 4 members (excludes halogenated alkanes) is 1. The second-order valence-electron chi connectivity index (χ2n) is 5.60. The van der Waals surface area contributed by atoms with Crippen LogP contribution in [0.15, 0.2) is 10.6 Å². The van der Waals surface area contributed by atoms with Crippen molar-refractivity contribution in [2.45, 2.75) is 59.1 Å². The minimum Gasteiger partial charge on any atom is -0.445 e. The second kappa shape index (κ2) is 10.8. The summed E-state index contributed by atoms with van der Waals surface area (Å²) < 4.78 is 11.0. The van der Waals surface area contributed by atoms with Crippen molar-refractivity contribution in [3.8, 4) is 0 Å². The highest BCUT2D eigenvalue weighted by atomic mass is 16.5. The zero-order valence-electron chi connectivity index (χ0n) is 13.6. The minimum absolute atomic E-state index is 0.375. The third-order valence-electron chi connectivity index (χ3n) is 3.53. The van der Waals surface area contributed by atoms with Crippen molar-refractivity contribution in [2.75, 3.05) is 19.8 Å². The summed E-state index contributed by atoms with van der Waals surface area (Å²) in [5.41, 5.74) is 0. The van der Waals surface area contributed by atoms with Gasteiger partial charge in [0, 0.05) is 13.2 Å². The molecule has 1 heterocycles. The molecule has 21 heavy (non-hydrogen) atoms. The third-order valence-corrected chi connectivity index (χ3v) is 3.53. The molecule has 0 fully saturated rings. The number of aromatic nitrogens is 1. The predicted octanol–water partition coefficient (Wildman–Crippen LogP) is 2.67. The quantitative estimate of drug-likeness (QED) is 0.621. The Morgan fingerprint density at radius 1 is 1.38 bits per heavy atom. The molecule has 0 aliphatic heterocycles. The van der Waals surface area contributed by atoms with E-state index in [1.54, 1.807) is 6.20 Å². The third kappa shape index (κ3) is 8.19. The van der Waals surface area contributed by atoms with Gasteiger partial charge in [0.15, 0.2) is 0 Å². The van der Waals surface area contributed by atoms with E-state index in [9.17, 15) is 5.11 Å². The van der Waals surface area contributed by atoms with Crippen LogP contribution < -0.4 is 5.32 Å². The average Bonchev–Trinajstić information content (AvgIpc) is 2.88. The van der Waals surface area contributed by atoms with Crippen molar-refractivity contribution >= 4 is 0 Å². The summed E-state index contributed by atoms with van der Waals surface area (Å²) >= 11 is 0. The molecule has 122 valence electrons. The number of hydrogen-bond donors (Lipinski definition) is 2. The maximum atomic E-state index is 9.86. The lowest BCUT2D eigenvalue weighted by molar-refractivity contribution is 0.0190. The Morgan fingerprint density at radius 3 is 2.81 bits per heavy atom. The number of aryl methyl sites for hydroxylation is 1. The van der Waals surface area contributed by atoms with E-state index in [2.05, 4.69) is 24.1 Å². The van der Waals surface area contributed by atoms with E-state index in [4.69, 9.17) is 9.15 Å². The molecule has 0 saturated carbocycles. The van der Waals surface area contributed by atoms with Crippen molar-refractivity contribution in [3.05, 3.63) is 17.8 Å². The highest BCUT2D eigenvalue weighted by Gasteiger charge is 2.09. The molecule has 0 spiro atoms. The first kappa shape index (κ1) is 18.1. The van der Waals surface area contributed by atoms with Crippen LogP contribution in [0.2, 0.25) is 0 Å². The molecule has 0 radical (unpaired) electrons. The largest absolute Gasteiger partial charge is 0.445 e. The average molecular weight is 298 g/mol. The normalized spacial score (nSPS) is 14.3. The minimum atomic E-state index is -0.496. The number of aliphatic hydroxyl groups is 1. The van der Waals surface area contributed by atoms with Crippen LogP contribution in [0.25, 0.3) is 0 Å². The lowest BCUT2D eigenvalue weighted by Crippen LogP contribution is -2.30. The van der Waals surface area contributed by atoms with E-state index in [0.717, 1.165) is 18.8 Å². The molecule has 0 aliphatic rings. The van der Waals surface area contributed by atoms with E-state index in [0.29, 0.717) is 31.5 Å².